The highest BCUT2D eigenvalue weighted by Crippen LogP contribution is 2.53. The summed E-state index contributed by atoms with van der Waals surface area (Å²) >= 11 is 0. The van der Waals surface area contributed by atoms with Crippen molar-refractivity contribution in [2.24, 2.45) is 0 Å². The number of esters is 1. The standard InChI is InChI=1S/C30H27FO6/c1-16-25(17(2)27(31)28-26(16)29(33)30(37-28)9-10-30)19-6-4-5-18(11-19)14-35-21-7-8-22-20(12-24(32)34-3)15-36-23(22)13-21/h4-8,11,13,20H,9-10,12,14-15H2,1-3H3. The minimum absolute atomic E-state index is 0.0283. The third-order valence-corrected chi connectivity index (χ3v) is 7.65. The van der Waals surface area contributed by atoms with Crippen LogP contribution in [0.3, 0.4) is 0 Å². The molecule has 2 heterocycles. The summed E-state index contributed by atoms with van der Waals surface area (Å²) in [5, 5.41) is 0. The van der Waals surface area contributed by atoms with E-state index in [1.165, 1.54) is 7.11 Å². The molecule has 0 saturated heterocycles. The minimum Gasteiger partial charge on any atom is -0.492 e. The first-order valence-electron chi connectivity index (χ1n) is 12.4. The fourth-order valence-electron chi connectivity index (χ4n) is 5.46. The van der Waals surface area contributed by atoms with Crippen molar-refractivity contribution < 1.29 is 32.9 Å². The molecule has 0 amide bonds. The third-order valence-electron chi connectivity index (χ3n) is 7.65. The number of ketones is 1. The van der Waals surface area contributed by atoms with Crippen LogP contribution in [0, 0.1) is 19.7 Å². The van der Waals surface area contributed by atoms with Gasteiger partial charge in [0, 0.05) is 17.5 Å². The number of ether oxygens (including phenoxy) is 4. The molecule has 7 heteroatoms. The average molecular weight is 503 g/mol. The van der Waals surface area contributed by atoms with E-state index in [1.807, 2.05) is 49.4 Å². The number of hydrogen-bond donors (Lipinski definition) is 0. The van der Waals surface area contributed by atoms with Crippen molar-refractivity contribution in [2.75, 3.05) is 13.7 Å². The lowest BCUT2D eigenvalue weighted by Gasteiger charge is -2.16. The first kappa shape index (κ1) is 23.5. The highest BCUT2D eigenvalue weighted by Gasteiger charge is 2.59. The van der Waals surface area contributed by atoms with E-state index in [1.54, 1.807) is 6.92 Å². The number of carbonyl (C=O) groups is 2. The second-order valence-electron chi connectivity index (χ2n) is 10.0. The van der Waals surface area contributed by atoms with E-state index in [4.69, 9.17) is 18.9 Å². The fraction of sp³-hybridized carbons (Fsp3) is 0.333. The average Bonchev–Trinajstić information content (AvgIpc) is 3.49. The van der Waals surface area contributed by atoms with Gasteiger partial charge < -0.3 is 18.9 Å². The first-order valence-corrected chi connectivity index (χ1v) is 12.4. The van der Waals surface area contributed by atoms with Gasteiger partial charge in [0.1, 0.15) is 18.1 Å². The van der Waals surface area contributed by atoms with Gasteiger partial charge in [-0.1, -0.05) is 24.3 Å². The lowest BCUT2D eigenvalue weighted by Crippen LogP contribution is -2.22. The number of benzene rings is 3. The summed E-state index contributed by atoms with van der Waals surface area (Å²) in [6.07, 6.45) is 1.55. The maximum Gasteiger partial charge on any atom is 0.306 e. The van der Waals surface area contributed by atoms with E-state index in [2.05, 4.69) is 0 Å². The zero-order valence-electron chi connectivity index (χ0n) is 21.0. The van der Waals surface area contributed by atoms with Crippen LogP contribution in [0.25, 0.3) is 11.1 Å². The van der Waals surface area contributed by atoms with Gasteiger partial charge in [0.15, 0.2) is 17.2 Å². The van der Waals surface area contributed by atoms with Crippen LogP contribution >= 0.6 is 0 Å². The van der Waals surface area contributed by atoms with Crippen molar-refractivity contribution in [2.45, 2.75) is 51.2 Å². The van der Waals surface area contributed by atoms with Gasteiger partial charge in [0.05, 0.1) is 25.7 Å². The summed E-state index contributed by atoms with van der Waals surface area (Å²) < 4.78 is 37.7. The van der Waals surface area contributed by atoms with Gasteiger partial charge in [-0.15, -0.1) is 0 Å². The molecular formula is C30H27FO6. The van der Waals surface area contributed by atoms with Crippen LogP contribution in [0.1, 0.15) is 57.8 Å². The Morgan fingerprint density at radius 1 is 1.11 bits per heavy atom. The van der Waals surface area contributed by atoms with E-state index < -0.39 is 11.4 Å². The smallest absolute Gasteiger partial charge is 0.306 e. The van der Waals surface area contributed by atoms with E-state index >= 15 is 4.39 Å². The number of methoxy groups -OCH3 is 1. The van der Waals surface area contributed by atoms with Crippen LogP contribution in [-0.2, 0) is 16.1 Å². The molecule has 6 nitrogen and oxygen atoms in total. The molecule has 37 heavy (non-hydrogen) atoms. The molecule has 1 aliphatic carbocycles. The number of halogens is 1. The van der Waals surface area contributed by atoms with E-state index in [0.29, 0.717) is 48.7 Å². The lowest BCUT2D eigenvalue weighted by molar-refractivity contribution is -0.141. The summed E-state index contributed by atoms with van der Waals surface area (Å²) in [4.78, 5) is 24.7. The quantitative estimate of drug-likeness (QED) is 0.395. The number of rotatable bonds is 6. The molecule has 2 aliphatic heterocycles. The van der Waals surface area contributed by atoms with Crippen molar-refractivity contribution in [1.29, 1.82) is 0 Å². The van der Waals surface area contributed by atoms with Crippen LogP contribution in [-0.4, -0.2) is 31.1 Å². The Kier molecular flexibility index (Phi) is 5.48. The fourth-order valence-corrected chi connectivity index (χ4v) is 5.46. The molecule has 1 spiro atoms. The monoisotopic (exact) mass is 502 g/mol. The van der Waals surface area contributed by atoms with Gasteiger partial charge in [-0.25, -0.2) is 4.39 Å². The molecule has 1 fully saturated rings. The van der Waals surface area contributed by atoms with Gasteiger partial charge >= 0.3 is 5.97 Å². The second-order valence-corrected chi connectivity index (χ2v) is 10.0. The minimum atomic E-state index is -0.840. The second kappa shape index (κ2) is 8.61. The molecule has 1 unspecified atom stereocenters. The molecule has 0 radical (unpaired) electrons. The molecule has 3 aromatic carbocycles. The van der Waals surface area contributed by atoms with Crippen molar-refractivity contribution >= 4 is 11.8 Å². The van der Waals surface area contributed by atoms with E-state index in [9.17, 15) is 9.59 Å². The van der Waals surface area contributed by atoms with Crippen LogP contribution in [0.4, 0.5) is 4.39 Å². The van der Waals surface area contributed by atoms with Crippen molar-refractivity contribution in [3.05, 3.63) is 76.1 Å². The predicted molar refractivity (Wildman–Crippen MR) is 134 cm³/mol. The molecule has 1 saturated carbocycles. The van der Waals surface area contributed by atoms with Crippen LogP contribution in [0.5, 0.6) is 17.2 Å². The van der Waals surface area contributed by atoms with Gasteiger partial charge in [0.25, 0.3) is 0 Å². The van der Waals surface area contributed by atoms with Crippen LogP contribution < -0.4 is 14.2 Å². The summed E-state index contributed by atoms with van der Waals surface area (Å²) in [6.45, 7) is 4.32. The molecule has 190 valence electrons. The normalized spacial score (nSPS) is 18.2. The SMILES string of the molecule is COC(=O)CC1COc2cc(OCc3cccc(-c4c(C)c(F)c5c(c4C)C(=O)C4(CC4)O5)c3)ccc21. The first-order chi connectivity index (χ1) is 17.8. The van der Waals surface area contributed by atoms with Gasteiger partial charge in [-0.3, -0.25) is 9.59 Å². The zero-order chi connectivity index (χ0) is 25.9. The molecule has 0 aromatic heterocycles. The van der Waals surface area contributed by atoms with Gasteiger partial charge in [-0.05, 0) is 66.6 Å². The Bertz CT molecular complexity index is 1450. The van der Waals surface area contributed by atoms with Crippen LogP contribution in [0.15, 0.2) is 42.5 Å². The highest BCUT2D eigenvalue weighted by molar-refractivity contribution is 6.11. The Morgan fingerprint density at radius 2 is 1.92 bits per heavy atom. The summed E-state index contributed by atoms with van der Waals surface area (Å²) in [6, 6.07) is 13.4. The Morgan fingerprint density at radius 3 is 2.68 bits per heavy atom. The highest BCUT2D eigenvalue weighted by atomic mass is 19.1. The molecule has 6 rings (SSSR count). The maximum absolute atomic E-state index is 15.3. The Balaban J connectivity index is 1.23. The summed E-state index contributed by atoms with van der Waals surface area (Å²) in [5.74, 6) is 0.606. The third kappa shape index (κ3) is 3.84. The Labute approximate surface area is 214 Å². The lowest BCUT2D eigenvalue weighted by atomic mass is 9.89. The molecule has 0 bridgehead atoms. The molecule has 0 N–H and O–H groups in total. The van der Waals surface area contributed by atoms with E-state index in [-0.39, 0.29) is 29.8 Å². The molecule has 3 aromatic rings. The zero-order valence-corrected chi connectivity index (χ0v) is 21.0. The van der Waals surface area contributed by atoms with Gasteiger partial charge in [-0.2, -0.15) is 0 Å². The molecule has 1 atom stereocenters. The van der Waals surface area contributed by atoms with Crippen molar-refractivity contribution in [1.82, 2.24) is 0 Å². The van der Waals surface area contributed by atoms with Crippen molar-refractivity contribution in [3.8, 4) is 28.4 Å². The predicted octanol–water partition coefficient (Wildman–Crippen LogP) is 5.84. The van der Waals surface area contributed by atoms with Crippen molar-refractivity contribution in [3.63, 3.8) is 0 Å². The number of carbonyl (C=O) groups excluding carboxylic acids is 2. The molecule has 3 aliphatic rings. The summed E-state index contributed by atoms with van der Waals surface area (Å²) in [5.41, 5.74) is 4.17. The largest absolute Gasteiger partial charge is 0.492 e. The molecular weight excluding hydrogens is 475 g/mol. The Hall–Kier alpha value is -3.87. The topological polar surface area (TPSA) is 71.1 Å². The maximum atomic E-state index is 15.3. The number of fused-ring (bicyclic) bond motifs is 2. The summed E-state index contributed by atoms with van der Waals surface area (Å²) in [7, 11) is 1.38. The number of hydrogen-bond acceptors (Lipinski definition) is 6. The van der Waals surface area contributed by atoms with E-state index in [0.717, 1.165) is 27.8 Å². The number of Topliss-reactive ketones (excluding diaryl/α,β-unsaturated/α-hetero) is 1. The van der Waals surface area contributed by atoms with Gasteiger partial charge in [0.2, 0.25) is 5.78 Å². The van der Waals surface area contributed by atoms with Crippen LogP contribution in [0.2, 0.25) is 0 Å².